The maximum atomic E-state index is 12.3. The number of carbonyl (C=O) groups is 1. The Morgan fingerprint density at radius 3 is 2.61 bits per heavy atom. The van der Waals surface area contributed by atoms with Crippen molar-refractivity contribution < 1.29 is 9.53 Å². The highest BCUT2D eigenvalue weighted by molar-refractivity contribution is 6.30. The molecule has 23 heavy (non-hydrogen) atoms. The van der Waals surface area contributed by atoms with E-state index in [1.54, 1.807) is 0 Å². The lowest BCUT2D eigenvalue weighted by Gasteiger charge is -2.33. The van der Waals surface area contributed by atoms with Gasteiger partial charge in [0.05, 0.1) is 13.2 Å². The fraction of sp³-hybridized carbons (Fsp3) is 0.611. The minimum Gasteiger partial charge on any atom is -0.378 e. The van der Waals surface area contributed by atoms with Gasteiger partial charge in [0.25, 0.3) is 0 Å². The van der Waals surface area contributed by atoms with Crippen LogP contribution in [-0.4, -0.2) is 55.1 Å². The Labute approximate surface area is 143 Å². The molecule has 2 aliphatic rings. The molecule has 1 aromatic carbocycles. The number of benzene rings is 1. The highest BCUT2D eigenvalue weighted by Gasteiger charge is 2.24. The van der Waals surface area contributed by atoms with E-state index < -0.39 is 0 Å². The Balaban J connectivity index is 1.42. The first-order valence-corrected chi connectivity index (χ1v) is 8.91. The Morgan fingerprint density at radius 2 is 1.91 bits per heavy atom. The smallest absolute Gasteiger partial charge is 0.223 e. The average molecular weight is 337 g/mol. The van der Waals surface area contributed by atoms with Crippen LogP contribution in [0, 0.1) is 5.92 Å². The number of ether oxygens (including phenoxy) is 1. The van der Waals surface area contributed by atoms with E-state index in [-0.39, 0.29) is 0 Å². The molecule has 126 valence electrons. The highest BCUT2D eigenvalue weighted by Crippen LogP contribution is 2.23. The van der Waals surface area contributed by atoms with E-state index in [4.69, 9.17) is 16.3 Å². The lowest BCUT2D eigenvalue weighted by molar-refractivity contribution is -0.136. The molecule has 4 nitrogen and oxygen atoms in total. The fourth-order valence-electron chi connectivity index (χ4n) is 3.43. The normalized spacial score (nSPS) is 20.7. The number of carbonyl (C=O) groups excluding carboxylic acids is 1. The number of nitrogens with zero attached hydrogens (tertiary/aromatic N) is 2. The molecule has 1 amide bonds. The Morgan fingerprint density at radius 1 is 1.17 bits per heavy atom. The van der Waals surface area contributed by atoms with Crippen LogP contribution in [0.3, 0.4) is 0 Å². The van der Waals surface area contributed by atoms with Gasteiger partial charge >= 0.3 is 0 Å². The van der Waals surface area contributed by atoms with Gasteiger partial charge in [0.2, 0.25) is 5.91 Å². The number of hydrogen-bond acceptors (Lipinski definition) is 3. The summed E-state index contributed by atoms with van der Waals surface area (Å²) in [5.41, 5.74) is 1.26. The van der Waals surface area contributed by atoms with Crippen LogP contribution >= 0.6 is 11.6 Å². The quantitative estimate of drug-likeness (QED) is 0.847. The molecule has 0 saturated carbocycles. The Kier molecular flexibility index (Phi) is 5.92. The van der Waals surface area contributed by atoms with Gasteiger partial charge < -0.3 is 9.64 Å². The summed E-state index contributed by atoms with van der Waals surface area (Å²) in [6.07, 6.45) is 2.91. The van der Waals surface area contributed by atoms with Crippen LogP contribution < -0.4 is 0 Å². The zero-order valence-corrected chi connectivity index (χ0v) is 14.3. The van der Waals surface area contributed by atoms with E-state index in [0.717, 1.165) is 50.6 Å². The summed E-state index contributed by atoms with van der Waals surface area (Å²) in [4.78, 5) is 16.7. The fourth-order valence-corrected chi connectivity index (χ4v) is 3.64. The molecule has 0 atom stereocenters. The van der Waals surface area contributed by atoms with Crippen LogP contribution in [0.25, 0.3) is 0 Å². The van der Waals surface area contributed by atoms with E-state index >= 15 is 0 Å². The average Bonchev–Trinajstić information content (AvgIpc) is 2.57. The van der Waals surface area contributed by atoms with Gasteiger partial charge in [0.15, 0.2) is 0 Å². The third-order valence-corrected chi connectivity index (χ3v) is 5.06. The van der Waals surface area contributed by atoms with Crippen LogP contribution in [-0.2, 0) is 16.1 Å². The summed E-state index contributed by atoms with van der Waals surface area (Å²) in [5.74, 6) is 0.836. The van der Waals surface area contributed by atoms with Gasteiger partial charge in [-0.1, -0.05) is 23.7 Å². The minimum atomic E-state index is 0.307. The minimum absolute atomic E-state index is 0.307. The monoisotopic (exact) mass is 336 g/mol. The highest BCUT2D eigenvalue weighted by atomic mass is 35.5. The summed E-state index contributed by atoms with van der Waals surface area (Å²) in [5, 5.41) is 0.800. The Hall–Kier alpha value is -1.10. The van der Waals surface area contributed by atoms with Crippen molar-refractivity contribution in [3.8, 4) is 0 Å². The second-order valence-corrected chi connectivity index (χ2v) is 6.98. The molecular weight excluding hydrogens is 312 g/mol. The van der Waals surface area contributed by atoms with Gasteiger partial charge in [-0.15, -0.1) is 0 Å². The molecule has 0 bridgehead atoms. The summed E-state index contributed by atoms with van der Waals surface area (Å²) < 4.78 is 5.31. The van der Waals surface area contributed by atoms with Gasteiger partial charge in [-0.05, 0) is 49.5 Å². The molecule has 2 fully saturated rings. The number of amides is 1. The molecule has 0 aliphatic carbocycles. The molecule has 2 aliphatic heterocycles. The molecular formula is C18H25ClN2O2. The van der Waals surface area contributed by atoms with Gasteiger partial charge in [-0.25, -0.2) is 0 Å². The number of piperidine rings is 1. The van der Waals surface area contributed by atoms with Crippen LogP contribution in [0.1, 0.15) is 24.8 Å². The third kappa shape index (κ3) is 4.93. The molecule has 0 aromatic heterocycles. The number of rotatable bonds is 4. The lowest BCUT2D eigenvalue weighted by atomic mass is 9.92. The van der Waals surface area contributed by atoms with Crippen LogP contribution in [0.2, 0.25) is 5.02 Å². The SMILES string of the molecule is O=C(CC1CCN(Cc2cccc(Cl)c2)CC1)N1CCOCC1. The van der Waals surface area contributed by atoms with Gasteiger partial charge in [0, 0.05) is 31.1 Å². The molecule has 5 heteroatoms. The zero-order chi connectivity index (χ0) is 16.1. The van der Waals surface area contributed by atoms with Crippen LogP contribution in [0.5, 0.6) is 0 Å². The molecule has 0 radical (unpaired) electrons. The first kappa shape index (κ1) is 16.7. The van der Waals surface area contributed by atoms with Crippen LogP contribution in [0.4, 0.5) is 0 Å². The maximum Gasteiger partial charge on any atom is 0.223 e. The first-order valence-electron chi connectivity index (χ1n) is 8.53. The molecule has 2 heterocycles. The van der Waals surface area contributed by atoms with Crippen molar-refractivity contribution in [3.05, 3.63) is 34.9 Å². The van der Waals surface area contributed by atoms with E-state index in [2.05, 4.69) is 11.0 Å². The van der Waals surface area contributed by atoms with E-state index in [9.17, 15) is 4.79 Å². The molecule has 0 unspecified atom stereocenters. The number of halogens is 1. The summed E-state index contributed by atoms with van der Waals surface area (Å²) in [6, 6.07) is 8.08. The van der Waals surface area contributed by atoms with Crippen LogP contribution in [0.15, 0.2) is 24.3 Å². The zero-order valence-electron chi connectivity index (χ0n) is 13.5. The van der Waals surface area contributed by atoms with Crippen molar-refractivity contribution in [2.24, 2.45) is 5.92 Å². The van der Waals surface area contributed by atoms with Crippen molar-refractivity contribution in [1.82, 2.24) is 9.80 Å². The summed E-state index contributed by atoms with van der Waals surface area (Å²) >= 11 is 6.05. The second kappa shape index (κ2) is 8.13. The molecule has 1 aromatic rings. The number of morpholine rings is 1. The second-order valence-electron chi connectivity index (χ2n) is 6.55. The molecule has 3 rings (SSSR count). The van der Waals surface area contributed by atoms with Gasteiger partial charge in [-0.2, -0.15) is 0 Å². The predicted molar refractivity (Wildman–Crippen MR) is 91.5 cm³/mol. The molecule has 0 N–H and O–H groups in total. The Bertz CT molecular complexity index is 524. The van der Waals surface area contributed by atoms with Crippen molar-refractivity contribution in [3.63, 3.8) is 0 Å². The van der Waals surface area contributed by atoms with Crippen molar-refractivity contribution in [1.29, 1.82) is 0 Å². The summed E-state index contributed by atoms with van der Waals surface area (Å²) in [7, 11) is 0. The van der Waals surface area contributed by atoms with Gasteiger partial charge in [-0.3, -0.25) is 9.69 Å². The standard InChI is InChI=1S/C18H25ClN2O2/c19-17-3-1-2-16(12-17)14-20-6-4-15(5-7-20)13-18(22)21-8-10-23-11-9-21/h1-3,12,15H,4-11,13-14H2. The molecule has 0 spiro atoms. The van der Waals surface area contributed by atoms with Crippen molar-refractivity contribution in [2.75, 3.05) is 39.4 Å². The number of hydrogen-bond donors (Lipinski definition) is 0. The number of likely N-dealkylation sites (tertiary alicyclic amines) is 1. The maximum absolute atomic E-state index is 12.3. The van der Waals surface area contributed by atoms with Crippen molar-refractivity contribution >= 4 is 17.5 Å². The summed E-state index contributed by atoms with van der Waals surface area (Å²) in [6.45, 7) is 5.96. The van der Waals surface area contributed by atoms with Gasteiger partial charge in [0.1, 0.15) is 0 Å². The van der Waals surface area contributed by atoms with E-state index in [1.807, 2.05) is 23.1 Å². The molecule has 2 saturated heterocycles. The van der Waals surface area contributed by atoms with E-state index in [0.29, 0.717) is 31.5 Å². The van der Waals surface area contributed by atoms with Crippen molar-refractivity contribution in [2.45, 2.75) is 25.8 Å². The first-order chi connectivity index (χ1) is 11.2. The predicted octanol–water partition coefficient (Wildman–Crippen LogP) is 2.80. The topological polar surface area (TPSA) is 32.8 Å². The third-order valence-electron chi connectivity index (χ3n) is 4.83. The van der Waals surface area contributed by atoms with E-state index in [1.165, 1.54) is 5.56 Å². The lowest BCUT2D eigenvalue weighted by Crippen LogP contribution is -2.42. The largest absolute Gasteiger partial charge is 0.378 e.